The number of hydrogen-bond acceptors (Lipinski definition) is 3. The summed E-state index contributed by atoms with van der Waals surface area (Å²) in [7, 11) is 0. The van der Waals surface area contributed by atoms with E-state index >= 15 is 0 Å². The molecule has 0 unspecified atom stereocenters. The van der Waals surface area contributed by atoms with Crippen LogP contribution in [0.4, 0.5) is 0 Å². The molecule has 5 heteroatoms. The number of aromatic amines is 1. The molecular weight excluding hydrogens is 252 g/mol. The van der Waals surface area contributed by atoms with Gasteiger partial charge in [0, 0.05) is 17.6 Å². The van der Waals surface area contributed by atoms with Crippen molar-refractivity contribution in [2.45, 2.75) is 44.8 Å². The molecule has 0 aromatic carbocycles. The maximum atomic E-state index is 9.96. The number of nitrogens with one attached hydrogen (secondary N) is 1. The molecule has 3 heterocycles. The van der Waals surface area contributed by atoms with Crippen LogP contribution in [0.2, 0.25) is 0 Å². The number of hydrogen-bond donors (Lipinski definition) is 2. The molecule has 5 nitrogen and oxygen atoms in total. The molecule has 1 aliphatic carbocycles. The van der Waals surface area contributed by atoms with E-state index in [0.717, 1.165) is 53.6 Å². The fraction of sp³-hybridized carbons (Fsp3) is 0.467. The third kappa shape index (κ3) is 1.66. The summed E-state index contributed by atoms with van der Waals surface area (Å²) >= 11 is 0. The van der Waals surface area contributed by atoms with E-state index in [4.69, 9.17) is 0 Å². The Morgan fingerprint density at radius 3 is 3.15 bits per heavy atom. The van der Waals surface area contributed by atoms with E-state index in [-0.39, 0.29) is 6.10 Å². The zero-order valence-electron chi connectivity index (χ0n) is 11.5. The van der Waals surface area contributed by atoms with Gasteiger partial charge in [0.05, 0.1) is 17.8 Å². The predicted molar refractivity (Wildman–Crippen MR) is 77.6 cm³/mol. The van der Waals surface area contributed by atoms with Crippen LogP contribution in [0.3, 0.4) is 0 Å². The second kappa shape index (κ2) is 4.31. The average molecular weight is 270 g/mol. The van der Waals surface area contributed by atoms with Crippen LogP contribution in [0.25, 0.3) is 22.1 Å². The minimum Gasteiger partial charge on any atom is -0.393 e. The van der Waals surface area contributed by atoms with Crippen molar-refractivity contribution in [3.8, 4) is 0 Å². The Morgan fingerprint density at radius 1 is 1.40 bits per heavy atom. The number of aliphatic hydroxyl groups is 1. The van der Waals surface area contributed by atoms with Crippen LogP contribution in [0.1, 0.15) is 37.5 Å². The van der Waals surface area contributed by atoms with Crippen LogP contribution < -0.4 is 0 Å². The van der Waals surface area contributed by atoms with E-state index in [1.165, 1.54) is 0 Å². The second-order valence-electron chi connectivity index (χ2n) is 5.74. The largest absolute Gasteiger partial charge is 0.393 e. The second-order valence-corrected chi connectivity index (χ2v) is 5.74. The zero-order valence-corrected chi connectivity index (χ0v) is 11.5. The van der Waals surface area contributed by atoms with E-state index in [9.17, 15) is 5.11 Å². The lowest BCUT2D eigenvalue weighted by atomic mass is 9.92. The number of aryl methyl sites for hydroxylation is 1. The van der Waals surface area contributed by atoms with Crippen LogP contribution in [0.15, 0.2) is 18.5 Å². The van der Waals surface area contributed by atoms with Gasteiger partial charge in [-0.15, -0.1) is 0 Å². The van der Waals surface area contributed by atoms with Crippen molar-refractivity contribution in [3.05, 3.63) is 24.3 Å². The van der Waals surface area contributed by atoms with Gasteiger partial charge < -0.3 is 14.7 Å². The van der Waals surface area contributed by atoms with E-state index in [0.29, 0.717) is 6.04 Å². The van der Waals surface area contributed by atoms with Gasteiger partial charge in [-0.25, -0.2) is 9.97 Å². The minimum absolute atomic E-state index is 0.186. The molecule has 1 aliphatic rings. The summed E-state index contributed by atoms with van der Waals surface area (Å²) in [6, 6.07) is 2.39. The maximum Gasteiger partial charge on any atom is 0.139 e. The number of aliphatic hydroxyl groups excluding tert-OH is 1. The van der Waals surface area contributed by atoms with Gasteiger partial charge in [-0.05, 0) is 38.7 Å². The molecule has 1 saturated carbocycles. The lowest BCUT2D eigenvalue weighted by Gasteiger charge is -2.28. The number of H-pyrrole nitrogens is 1. The molecule has 104 valence electrons. The van der Waals surface area contributed by atoms with Crippen LogP contribution in [-0.4, -0.2) is 30.7 Å². The summed E-state index contributed by atoms with van der Waals surface area (Å²) in [6.45, 7) is 2.04. The van der Waals surface area contributed by atoms with Gasteiger partial charge in [0.15, 0.2) is 0 Å². The Balaban J connectivity index is 1.97. The lowest BCUT2D eigenvalue weighted by Crippen LogP contribution is -2.23. The molecule has 0 bridgehead atoms. The van der Waals surface area contributed by atoms with Crippen LogP contribution in [0, 0.1) is 6.92 Å². The van der Waals surface area contributed by atoms with E-state index in [1.807, 2.05) is 19.3 Å². The minimum atomic E-state index is -0.186. The summed E-state index contributed by atoms with van der Waals surface area (Å²) in [5, 5.41) is 11.1. The van der Waals surface area contributed by atoms with E-state index in [2.05, 4.69) is 25.6 Å². The molecule has 4 rings (SSSR count). The molecule has 0 saturated heterocycles. The first kappa shape index (κ1) is 11.9. The maximum absolute atomic E-state index is 9.96. The number of rotatable bonds is 1. The number of pyridine rings is 1. The smallest absolute Gasteiger partial charge is 0.139 e. The molecule has 20 heavy (non-hydrogen) atoms. The van der Waals surface area contributed by atoms with Gasteiger partial charge in [0.2, 0.25) is 0 Å². The number of fused-ring (bicyclic) bond motifs is 3. The summed E-state index contributed by atoms with van der Waals surface area (Å²) in [4.78, 5) is 12.2. The monoisotopic (exact) mass is 270 g/mol. The summed E-state index contributed by atoms with van der Waals surface area (Å²) in [5.41, 5.74) is 2.98. The molecule has 0 radical (unpaired) electrons. The molecule has 0 aliphatic heterocycles. The van der Waals surface area contributed by atoms with Crippen LogP contribution in [-0.2, 0) is 0 Å². The highest BCUT2D eigenvalue weighted by Gasteiger charge is 2.25. The molecule has 3 aromatic heterocycles. The predicted octanol–water partition coefficient (Wildman–Crippen LogP) is 2.70. The molecular formula is C15H18N4O. The molecule has 1 fully saturated rings. The highest BCUT2D eigenvalue weighted by atomic mass is 16.3. The molecule has 2 N–H and O–H groups in total. The SMILES string of the molecule is Cc1nc2cnc3[nH]ccc3c2n1[C@H]1CCC[C@H](O)C1. The van der Waals surface area contributed by atoms with E-state index < -0.39 is 0 Å². The Morgan fingerprint density at radius 2 is 2.30 bits per heavy atom. The van der Waals surface area contributed by atoms with Gasteiger partial charge in [-0.3, -0.25) is 0 Å². The Labute approximate surface area is 116 Å². The summed E-state index contributed by atoms with van der Waals surface area (Å²) in [5.74, 6) is 1.01. The standard InChI is InChI=1S/C15H18N4O/c1-9-18-13-8-17-15-12(5-6-16-15)14(13)19(9)10-3-2-4-11(20)7-10/h5-6,8,10-11,20H,2-4,7H2,1H3,(H,16,17)/t10-,11-/m0/s1. The highest BCUT2D eigenvalue weighted by Crippen LogP contribution is 2.34. The number of aromatic nitrogens is 4. The van der Waals surface area contributed by atoms with Crippen molar-refractivity contribution in [1.29, 1.82) is 0 Å². The van der Waals surface area contributed by atoms with Gasteiger partial charge in [0.1, 0.15) is 17.0 Å². The van der Waals surface area contributed by atoms with Gasteiger partial charge in [-0.2, -0.15) is 0 Å². The van der Waals surface area contributed by atoms with E-state index in [1.54, 1.807) is 0 Å². The van der Waals surface area contributed by atoms with Crippen molar-refractivity contribution in [2.24, 2.45) is 0 Å². The first-order chi connectivity index (χ1) is 9.74. The van der Waals surface area contributed by atoms with Crippen LogP contribution in [0.5, 0.6) is 0 Å². The quantitative estimate of drug-likeness (QED) is 0.714. The third-order valence-electron chi connectivity index (χ3n) is 4.39. The molecule has 3 aromatic rings. The lowest BCUT2D eigenvalue weighted by molar-refractivity contribution is 0.104. The molecule has 2 atom stereocenters. The average Bonchev–Trinajstić information content (AvgIpc) is 3.00. The fourth-order valence-corrected chi connectivity index (χ4v) is 3.53. The van der Waals surface area contributed by atoms with Gasteiger partial charge >= 0.3 is 0 Å². The number of imidazole rings is 1. The zero-order chi connectivity index (χ0) is 13.7. The fourth-order valence-electron chi connectivity index (χ4n) is 3.53. The van der Waals surface area contributed by atoms with Crippen molar-refractivity contribution in [1.82, 2.24) is 19.5 Å². The topological polar surface area (TPSA) is 66.7 Å². The van der Waals surface area contributed by atoms with Crippen LogP contribution >= 0.6 is 0 Å². The summed E-state index contributed by atoms with van der Waals surface area (Å²) < 4.78 is 2.30. The molecule has 0 spiro atoms. The Kier molecular flexibility index (Phi) is 2.57. The first-order valence-corrected chi connectivity index (χ1v) is 7.22. The first-order valence-electron chi connectivity index (χ1n) is 7.22. The van der Waals surface area contributed by atoms with Gasteiger partial charge in [0.25, 0.3) is 0 Å². The third-order valence-corrected chi connectivity index (χ3v) is 4.39. The van der Waals surface area contributed by atoms with Gasteiger partial charge in [-0.1, -0.05) is 0 Å². The summed E-state index contributed by atoms with van der Waals surface area (Å²) in [6.07, 6.45) is 7.48. The normalized spacial score (nSPS) is 23.7. The number of nitrogens with zero attached hydrogens (tertiary/aromatic N) is 3. The van der Waals surface area contributed by atoms with Crippen molar-refractivity contribution >= 4 is 22.1 Å². The van der Waals surface area contributed by atoms with Crippen molar-refractivity contribution < 1.29 is 5.11 Å². The van der Waals surface area contributed by atoms with Crippen molar-refractivity contribution in [3.63, 3.8) is 0 Å². The molecule has 0 amide bonds. The Hall–Kier alpha value is -1.88. The Bertz CT molecular complexity index is 773. The van der Waals surface area contributed by atoms with Crippen molar-refractivity contribution in [2.75, 3.05) is 0 Å². The highest BCUT2D eigenvalue weighted by molar-refractivity contribution is 6.01.